The van der Waals surface area contributed by atoms with Crippen molar-refractivity contribution in [2.75, 3.05) is 5.33 Å². The number of alkyl halides is 1. The van der Waals surface area contributed by atoms with Crippen LogP contribution in [0.2, 0.25) is 5.15 Å². The summed E-state index contributed by atoms with van der Waals surface area (Å²) in [6.45, 7) is 0. The fourth-order valence-corrected chi connectivity index (χ4v) is 1.21. The van der Waals surface area contributed by atoms with Gasteiger partial charge in [0.25, 0.3) is 0 Å². The van der Waals surface area contributed by atoms with Gasteiger partial charge in [-0.15, -0.1) is 0 Å². The van der Waals surface area contributed by atoms with Crippen LogP contribution in [-0.2, 0) is 0 Å². The molecule has 6 heteroatoms. The SMILES string of the molecule is O=[N+]([O-])c1cc(C=CCBr)cnc1Cl. The van der Waals surface area contributed by atoms with Crippen LogP contribution < -0.4 is 0 Å². The molecule has 0 unspecified atom stereocenters. The van der Waals surface area contributed by atoms with Crippen LogP contribution in [0.1, 0.15) is 5.56 Å². The summed E-state index contributed by atoms with van der Waals surface area (Å²) in [7, 11) is 0. The summed E-state index contributed by atoms with van der Waals surface area (Å²) < 4.78 is 0. The minimum absolute atomic E-state index is 0.0917. The second-order valence-corrected chi connectivity index (χ2v) is 3.40. The van der Waals surface area contributed by atoms with Crippen molar-refractivity contribution in [2.24, 2.45) is 0 Å². The quantitative estimate of drug-likeness (QED) is 0.369. The first kappa shape index (κ1) is 11.1. The van der Waals surface area contributed by atoms with Crippen molar-refractivity contribution in [3.8, 4) is 0 Å². The monoisotopic (exact) mass is 276 g/mol. The molecule has 74 valence electrons. The fourth-order valence-electron chi connectivity index (χ4n) is 0.852. The second-order valence-electron chi connectivity index (χ2n) is 2.39. The van der Waals surface area contributed by atoms with Crippen LogP contribution in [0.3, 0.4) is 0 Å². The van der Waals surface area contributed by atoms with Gasteiger partial charge in [-0.3, -0.25) is 10.1 Å². The highest BCUT2D eigenvalue weighted by Gasteiger charge is 2.12. The van der Waals surface area contributed by atoms with Crippen molar-refractivity contribution in [3.05, 3.63) is 39.2 Å². The molecule has 1 aromatic rings. The Kier molecular flexibility index (Phi) is 4.03. The summed E-state index contributed by atoms with van der Waals surface area (Å²) in [5, 5.41) is 11.1. The zero-order valence-corrected chi connectivity index (χ0v) is 9.33. The van der Waals surface area contributed by atoms with E-state index in [4.69, 9.17) is 11.6 Å². The second kappa shape index (κ2) is 5.07. The Morgan fingerprint density at radius 3 is 3.00 bits per heavy atom. The summed E-state index contributed by atoms with van der Waals surface area (Å²) >= 11 is 8.74. The van der Waals surface area contributed by atoms with Gasteiger partial charge < -0.3 is 0 Å². The van der Waals surface area contributed by atoms with E-state index in [1.165, 1.54) is 12.3 Å². The molecule has 1 rings (SSSR count). The van der Waals surface area contributed by atoms with Crippen LogP contribution in [0.5, 0.6) is 0 Å². The Hall–Kier alpha value is -0.940. The third-order valence-corrected chi connectivity index (χ3v) is 2.10. The first-order valence-electron chi connectivity index (χ1n) is 3.67. The maximum Gasteiger partial charge on any atom is 0.307 e. The van der Waals surface area contributed by atoms with Gasteiger partial charge in [-0.2, -0.15) is 0 Å². The van der Waals surface area contributed by atoms with Crippen molar-refractivity contribution in [1.29, 1.82) is 0 Å². The zero-order valence-electron chi connectivity index (χ0n) is 6.98. The van der Waals surface area contributed by atoms with Gasteiger partial charge in [0.15, 0.2) is 0 Å². The summed E-state index contributed by atoms with van der Waals surface area (Å²) in [5.74, 6) is 0. The lowest BCUT2D eigenvalue weighted by Gasteiger charge is -1.95. The average Bonchev–Trinajstić information content (AvgIpc) is 2.16. The van der Waals surface area contributed by atoms with Gasteiger partial charge in [0, 0.05) is 17.6 Å². The van der Waals surface area contributed by atoms with E-state index >= 15 is 0 Å². The highest BCUT2D eigenvalue weighted by atomic mass is 79.9. The molecule has 4 nitrogen and oxygen atoms in total. The van der Waals surface area contributed by atoms with Gasteiger partial charge in [0.2, 0.25) is 5.15 Å². The lowest BCUT2D eigenvalue weighted by molar-refractivity contribution is -0.385. The normalized spacial score (nSPS) is 10.7. The van der Waals surface area contributed by atoms with Crippen molar-refractivity contribution in [2.45, 2.75) is 0 Å². The highest BCUT2D eigenvalue weighted by Crippen LogP contribution is 2.22. The van der Waals surface area contributed by atoms with Crippen LogP contribution in [0.15, 0.2) is 18.3 Å². The number of hydrogen-bond acceptors (Lipinski definition) is 3. The zero-order chi connectivity index (χ0) is 10.6. The first-order valence-corrected chi connectivity index (χ1v) is 5.17. The van der Waals surface area contributed by atoms with Gasteiger partial charge >= 0.3 is 5.69 Å². The van der Waals surface area contributed by atoms with Gasteiger partial charge in [-0.25, -0.2) is 4.98 Å². The maximum absolute atomic E-state index is 10.5. The number of aromatic nitrogens is 1. The molecular weight excluding hydrogens is 271 g/mol. The molecule has 0 fully saturated rings. The minimum atomic E-state index is -0.555. The molecule has 0 radical (unpaired) electrons. The third-order valence-electron chi connectivity index (χ3n) is 1.44. The Labute approximate surface area is 93.9 Å². The molecule has 1 aromatic heterocycles. The molecule has 0 aromatic carbocycles. The molecule has 0 saturated carbocycles. The molecule has 0 aliphatic rings. The topological polar surface area (TPSA) is 56.0 Å². The van der Waals surface area contributed by atoms with Gasteiger partial charge in [-0.05, 0) is 5.56 Å². The number of nitrogens with zero attached hydrogens (tertiary/aromatic N) is 2. The summed E-state index contributed by atoms with van der Waals surface area (Å²) in [4.78, 5) is 13.7. The lowest BCUT2D eigenvalue weighted by Crippen LogP contribution is -1.91. The molecule has 0 N–H and O–H groups in total. The number of nitro groups is 1. The van der Waals surface area contributed by atoms with Crippen LogP contribution in [0, 0.1) is 10.1 Å². The standard InChI is InChI=1S/C8H6BrClN2O2/c9-3-1-2-6-4-7(12(13)14)8(10)11-5-6/h1-2,4-5H,3H2. The number of pyridine rings is 1. The summed E-state index contributed by atoms with van der Waals surface area (Å²) in [6.07, 6.45) is 5.02. The Bertz CT molecular complexity index is 382. The largest absolute Gasteiger partial charge is 0.307 e. The van der Waals surface area contributed by atoms with Crippen LogP contribution in [0.4, 0.5) is 5.69 Å². The van der Waals surface area contributed by atoms with E-state index in [-0.39, 0.29) is 10.8 Å². The van der Waals surface area contributed by atoms with E-state index in [2.05, 4.69) is 20.9 Å². The number of hydrogen-bond donors (Lipinski definition) is 0. The van der Waals surface area contributed by atoms with E-state index in [0.29, 0.717) is 10.9 Å². The Morgan fingerprint density at radius 1 is 1.71 bits per heavy atom. The lowest BCUT2D eigenvalue weighted by atomic mass is 10.2. The van der Waals surface area contributed by atoms with E-state index in [1.54, 1.807) is 6.08 Å². The number of halogens is 2. The molecule has 14 heavy (non-hydrogen) atoms. The van der Waals surface area contributed by atoms with E-state index < -0.39 is 4.92 Å². The molecule has 0 bridgehead atoms. The fraction of sp³-hybridized carbons (Fsp3) is 0.125. The molecule has 1 heterocycles. The smallest absolute Gasteiger partial charge is 0.258 e. The predicted molar refractivity (Wildman–Crippen MR) is 58.7 cm³/mol. The van der Waals surface area contributed by atoms with E-state index in [9.17, 15) is 10.1 Å². The van der Waals surface area contributed by atoms with Crippen molar-refractivity contribution >= 4 is 39.3 Å². The van der Waals surface area contributed by atoms with E-state index in [0.717, 1.165) is 0 Å². The maximum atomic E-state index is 10.5. The van der Waals surface area contributed by atoms with Gasteiger partial charge in [0.05, 0.1) is 4.92 Å². The molecule has 0 amide bonds. The molecular formula is C8H6BrClN2O2. The van der Waals surface area contributed by atoms with Crippen LogP contribution in [-0.4, -0.2) is 15.2 Å². The average molecular weight is 278 g/mol. The van der Waals surface area contributed by atoms with Crippen LogP contribution >= 0.6 is 27.5 Å². The Morgan fingerprint density at radius 2 is 2.43 bits per heavy atom. The molecule has 0 aliphatic carbocycles. The third kappa shape index (κ3) is 2.78. The van der Waals surface area contributed by atoms with Crippen molar-refractivity contribution in [1.82, 2.24) is 4.98 Å². The number of allylic oxidation sites excluding steroid dienone is 1. The minimum Gasteiger partial charge on any atom is -0.258 e. The Balaban J connectivity index is 3.06. The van der Waals surface area contributed by atoms with Crippen LogP contribution in [0.25, 0.3) is 6.08 Å². The highest BCUT2D eigenvalue weighted by molar-refractivity contribution is 9.09. The molecule has 0 atom stereocenters. The molecule has 0 spiro atoms. The van der Waals surface area contributed by atoms with Gasteiger partial charge in [-0.1, -0.05) is 39.7 Å². The van der Waals surface area contributed by atoms with Crippen molar-refractivity contribution in [3.63, 3.8) is 0 Å². The first-order chi connectivity index (χ1) is 6.65. The summed E-state index contributed by atoms with van der Waals surface area (Å²) in [5.41, 5.74) is 0.476. The number of rotatable bonds is 3. The van der Waals surface area contributed by atoms with Crippen molar-refractivity contribution < 1.29 is 4.92 Å². The summed E-state index contributed by atoms with van der Waals surface area (Å²) in [6, 6.07) is 1.38. The molecule has 0 saturated heterocycles. The molecule has 0 aliphatic heterocycles. The predicted octanol–water partition coefficient (Wildman–Crippen LogP) is 3.05. The van der Waals surface area contributed by atoms with E-state index in [1.807, 2.05) is 6.08 Å². The van der Waals surface area contributed by atoms with Gasteiger partial charge in [0.1, 0.15) is 0 Å².